The van der Waals surface area contributed by atoms with E-state index < -0.39 is 17.9 Å². The molecule has 2 aromatic carbocycles. The highest BCUT2D eigenvalue weighted by molar-refractivity contribution is 6.08. The van der Waals surface area contributed by atoms with Crippen LogP contribution in [0.4, 0.5) is 11.4 Å². The lowest BCUT2D eigenvalue weighted by Gasteiger charge is -2.15. The zero-order valence-corrected chi connectivity index (χ0v) is 16.4. The molecule has 3 rings (SSSR count). The van der Waals surface area contributed by atoms with E-state index in [1.54, 1.807) is 44.2 Å². The lowest BCUT2D eigenvalue weighted by atomic mass is 10.1. The molecule has 0 amide bonds. The van der Waals surface area contributed by atoms with Crippen LogP contribution >= 0.6 is 0 Å². The fourth-order valence-electron chi connectivity index (χ4n) is 2.90. The Bertz CT molecular complexity index is 1120. The Kier molecular flexibility index (Phi) is 6.26. The number of nitrogens with zero attached hydrogens (tertiary/aromatic N) is 1. The molecular formula is C22H19N2O6-. The summed E-state index contributed by atoms with van der Waals surface area (Å²) < 4.78 is 10.2. The van der Waals surface area contributed by atoms with Crippen LogP contribution in [-0.4, -0.2) is 36.1 Å². The molecule has 8 heteroatoms. The largest absolute Gasteiger partial charge is 0.545 e. The zero-order valence-electron chi connectivity index (χ0n) is 16.4. The summed E-state index contributed by atoms with van der Waals surface area (Å²) in [5.74, 6) is -2.44. The summed E-state index contributed by atoms with van der Waals surface area (Å²) in [6.45, 7) is 3.77. The maximum atomic E-state index is 12.5. The molecule has 154 valence electrons. The lowest BCUT2D eigenvalue weighted by molar-refractivity contribution is -0.255. The number of hydrogen-bond acceptors (Lipinski definition) is 8. The highest BCUT2D eigenvalue weighted by Gasteiger charge is 2.19. The van der Waals surface area contributed by atoms with Gasteiger partial charge in [-0.05, 0) is 49.7 Å². The van der Waals surface area contributed by atoms with Gasteiger partial charge in [-0.1, -0.05) is 12.1 Å². The van der Waals surface area contributed by atoms with Gasteiger partial charge in [-0.25, -0.2) is 9.59 Å². The van der Waals surface area contributed by atoms with Gasteiger partial charge in [-0.2, -0.15) is 0 Å². The van der Waals surface area contributed by atoms with Crippen molar-refractivity contribution in [3.63, 3.8) is 0 Å². The van der Waals surface area contributed by atoms with Gasteiger partial charge in [0.1, 0.15) is 5.56 Å². The van der Waals surface area contributed by atoms with Crippen molar-refractivity contribution in [1.82, 2.24) is 4.98 Å². The number of rotatable bonds is 7. The predicted molar refractivity (Wildman–Crippen MR) is 108 cm³/mol. The number of fused-ring (bicyclic) bond motifs is 1. The summed E-state index contributed by atoms with van der Waals surface area (Å²) in [5, 5.41) is 14.7. The number of carboxylic acids is 1. The van der Waals surface area contributed by atoms with E-state index in [0.29, 0.717) is 27.8 Å². The van der Waals surface area contributed by atoms with E-state index in [1.807, 2.05) is 0 Å². The van der Waals surface area contributed by atoms with Crippen molar-refractivity contribution in [1.29, 1.82) is 0 Å². The fourth-order valence-corrected chi connectivity index (χ4v) is 2.90. The molecule has 1 N–H and O–H groups in total. The second-order valence-electron chi connectivity index (χ2n) is 6.21. The summed E-state index contributed by atoms with van der Waals surface area (Å²) in [6, 6.07) is 10.8. The standard InChI is InChI=1S/C22H20N2O6/c1-3-29-21(27)14-8-9-18-16(11-14)19(17(12-23-18)22(28)30-4-2)24-15-7-5-6-13(10-15)20(25)26/h5-12H,3-4H2,1-2H3,(H,23,24)(H,25,26)/p-1. The molecule has 0 saturated heterocycles. The van der Waals surface area contributed by atoms with Crippen LogP contribution in [0.3, 0.4) is 0 Å². The number of hydrogen-bond donors (Lipinski definition) is 1. The van der Waals surface area contributed by atoms with Crippen molar-refractivity contribution >= 4 is 40.2 Å². The molecule has 0 fully saturated rings. The second-order valence-corrected chi connectivity index (χ2v) is 6.21. The van der Waals surface area contributed by atoms with Crippen LogP contribution in [0, 0.1) is 0 Å². The van der Waals surface area contributed by atoms with E-state index >= 15 is 0 Å². The predicted octanol–water partition coefficient (Wildman–Crippen LogP) is 2.70. The van der Waals surface area contributed by atoms with Crippen LogP contribution in [0.15, 0.2) is 48.7 Å². The maximum absolute atomic E-state index is 12.5. The van der Waals surface area contributed by atoms with Gasteiger partial charge in [0.15, 0.2) is 0 Å². The number of carboxylic acid groups (broad SMARTS) is 1. The number of aromatic nitrogens is 1. The van der Waals surface area contributed by atoms with E-state index in [2.05, 4.69) is 10.3 Å². The topological polar surface area (TPSA) is 118 Å². The molecule has 0 saturated carbocycles. The van der Waals surface area contributed by atoms with Gasteiger partial charge in [-0.15, -0.1) is 0 Å². The fraction of sp³-hybridized carbons (Fsp3) is 0.182. The van der Waals surface area contributed by atoms with Crippen LogP contribution in [0.1, 0.15) is 44.9 Å². The Morgan fingerprint density at radius 2 is 1.70 bits per heavy atom. The number of carbonyl (C=O) groups excluding carboxylic acids is 3. The van der Waals surface area contributed by atoms with Crippen molar-refractivity contribution in [3.05, 3.63) is 65.4 Å². The maximum Gasteiger partial charge on any atom is 0.341 e. The van der Waals surface area contributed by atoms with Gasteiger partial charge < -0.3 is 24.7 Å². The number of anilines is 2. The van der Waals surface area contributed by atoms with Gasteiger partial charge in [-0.3, -0.25) is 4.98 Å². The number of esters is 2. The minimum absolute atomic E-state index is 0.0248. The Morgan fingerprint density at radius 3 is 2.40 bits per heavy atom. The van der Waals surface area contributed by atoms with Crippen molar-refractivity contribution in [3.8, 4) is 0 Å². The Morgan fingerprint density at radius 1 is 0.967 bits per heavy atom. The Hall–Kier alpha value is -3.94. The molecule has 30 heavy (non-hydrogen) atoms. The minimum atomic E-state index is -1.33. The number of nitrogens with one attached hydrogen (secondary N) is 1. The average Bonchev–Trinajstić information content (AvgIpc) is 2.74. The van der Waals surface area contributed by atoms with Gasteiger partial charge in [0.2, 0.25) is 0 Å². The monoisotopic (exact) mass is 407 g/mol. The average molecular weight is 407 g/mol. The zero-order chi connectivity index (χ0) is 21.7. The van der Waals surface area contributed by atoms with Crippen LogP contribution in [0.25, 0.3) is 10.9 Å². The summed E-state index contributed by atoms with van der Waals surface area (Å²) in [5.41, 5.74) is 1.68. The first-order valence-corrected chi connectivity index (χ1v) is 9.30. The van der Waals surface area contributed by atoms with Gasteiger partial charge in [0.05, 0.1) is 36.0 Å². The summed E-state index contributed by atoms with van der Waals surface area (Å²) in [6.07, 6.45) is 1.37. The molecule has 0 spiro atoms. The number of aromatic carboxylic acids is 1. The number of carbonyl (C=O) groups is 3. The first-order chi connectivity index (χ1) is 14.4. The Balaban J connectivity index is 2.17. The smallest absolute Gasteiger partial charge is 0.341 e. The molecular weight excluding hydrogens is 388 g/mol. The lowest BCUT2D eigenvalue weighted by Crippen LogP contribution is -2.22. The first-order valence-electron chi connectivity index (χ1n) is 9.30. The number of benzene rings is 2. The summed E-state index contributed by atoms with van der Waals surface area (Å²) in [7, 11) is 0. The third kappa shape index (κ3) is 4.38. The number of pyridine rings is 1. The van der Waals surface area contributed by atoms with Gasteiger partial charge in [0.25, 0.3) is 0 Å². The highest BCUT2D eigenvalue weighted by atomic mass is 16.5. The molecule has 0 aliphatic rings. The minimum Gasteiger partial charge on any atom is -0.545 e. The molecule has 1 aromatic heterocycles. The molecule has 0 aliphatic carbocycles. The molecule has 8 nitrogen and oxygen atoms in total. The molecule has 1 heterocycles. The van der Waals surface area contributed by atoms with Crippen LogP contribution in [-0.2, 0) is 9.47 Å². The van der Waals surface area contributed by atoms with E-state index in [4.69, 9.17) is 9.47 Å². The molecule has 0 bridgehead atoms. The quantitative estimate of drug-likeness (QED) is 0.594. The van der Waals surface area contributed by atoms with E-state index in [0.717, 1.165) is 0 Å². The van der Waals surface area contributed by atoms with E-state index in [-0.39, 0.29) is 24.3 Å². The van der Waals surface area contributed by atoms with Gasteiger partial charge >= 0.3 is 11.9 Å². The molecule has 3 aromatic rings. The van der Waals surface area contributed by atoms with Gasteiger partial charge in [0, 0.05) is 17.3 Å². The highest BCUT2D eigenvalue weighted by Crippen LogP contribution is 2.31. The third-order valence-electron chi connectivity index (χ3n) is 4.24. The van der Waals surface area contributed by atoms with Crippen molar-refractivity contribution in [2.75, 3.05) is 18.5 Å². The van der Waals surface area contributed by atoms with Crippen LogP contribution in [0.2, 0.25) is 0 Å². The third-order valence-corrected chi connectivity index (χ3v) is 4.24. The molecule has 0 aliphatic heterocycles. The summed E-state index contributed by atoms with van der Waals surface area (Å²) in [4.78, 5) is 40.1. The molecule has 0 unspecified atom stereocenters. The summed E-state index contributed by atoms with van der Waals surface area (Å²) >= 11 is 0. The van der Waals surface area contributed by atoms with Crippen LogP contribution < -0.4 is 10.4 Å². The normalized spacial score (nSPS) is 10.5. The Labute approximate surface area is 172 Å². The van der Waals surface area contributed by atoms with Crippen LogP contribution in [0.5, 0.6) is 0 Å². The van der Waals surface area contributed by atoms with E-state index in [1.165, 1.54) is 18.3 Å². The first kappa shape index (κ1) is 20.8. The number of ether oxygens (including phenoxy) is 2. The van der Waals surface area contributed by atoms with Crippen molar-refractivity contribution < 1.29 is 29.0 Å². The SMILES string of the molecule is CCOC(=O)c1ccc2ncc(C(=O)OCC)c(Nc3cccc(C(=O)[O-])c3)c2c1. The van der Waals surface area contributed by atoms with E-state index in [9.17, 15) is 19.5 Å². The molecule has 0 atom stereocenters. The molecule has 0 radical (unpaired) electrons. The van der Waals surface area contributed by atoms with Crippen molar-refractivity contribution in [2.45, 2.75) is 13.8 Å². The second kappa shape index (κ2) is 9.04. The van der Waals surface area contributed by atoms with Crippen molar-refractivity contribution in [2.24, 2.45) is 0 Å².